The lowest BCUT2D eigenvalue weighted by Gasteiger charge is -2.07. The predicted octanol–water partition coefficient (Wildman–Crippen LogP) is 3.34. The maximum atomic E-state index is 12.4. The van der Waals surface area contributed by atoms with E-state index >= 15 is 0 Å². The van der Waals surface area contributed by atoms with Gasteiger partial charge in [-0.1, -0.05) is 12.1 Å². The molecule has 0 aliphatic rings. The van der Waals surface area contributed by atoms with Crippen molar-refractivity contribution in [2.75, 3.05) is 0 Å². The van der Waals surface area contributed by atoms with Gasteiger partial charge in [0.1, 0.15) is 6.07 Å². The van der Waals surface area contributed by atoms with Crippen LogP contribution in [-0.2, 0) is 6.18 Å². The minimum Gasteiger partial charge on any atom is -0.224 e. The molecule has 0 spiro atoms. The van der Waals surface area contributed by atoms with Gasteiger partial charge in [0.15, 0.2) is 0 Å². The third kappa shape index (κ3) is 2.88. The fourth-order valence-corrected chi connectivity index (χ4v) is 1.60. The van der Waals surface area contributed by atoms with Crippen LogP contribution in [0.4, 0.5) is 13.2 Å². The summed E-state index contributed by atoms with van der Waals surface area (Å²) in [4.78, 5) is 7.84. The lowest BCUT2D eigenvalue weighted by Crippen LogP contribution is -2.04. The molecular weight excluding hydrogens is 255 g/mol. The normalized spacial score (nSPS) is 11.1. The van der Waals surface area contributed by atoms with Gasteiger partial charge in [-0.3, -0.25) is 0 Å². The summed E-state index contributed by atoms with van der Waals surface area (Å²) in [6.45, 7) is 1.69. The number of nitrogens with zero attached hydrogens (tertiary/aromatic N) is 3. The quantitative estimate of drug-likeness (QED) is 0.792. The molecule has 2 aromatic rings. The number of aromatic nitrogens is 2. The summed E-state index contributed by atoms with van der Waals surface area (Å²) < 4.78 is 37.3. The Balaban J connectivity index is 2.43. The largest absolute Gasteiger partial charge is 0.416 e. The van der Waals surface area contributed by atoms with Crippen LogP contribution in [0.15, 0.2) is 30.3 Å². The summed E-state index contributed by atoms with van der Waals surface area (Å²) in [6.07, 6.45) is -4.36. The molecule has 0 radical (unpaired) electrons. The van der Waals surface area contributed by atoms with E-state index in [1.165, 1.54) is 12.1 Å². The first-order valence-corrected chi connectivity index (χ1v) is 5.33. The second-order valence-electron chi connectivity index (χ2n) is 3.91. The highest BCUT2D eigenvalue weighted by atomic mass is 19.4. The minimum atomic E-state index is -4.36. The standard InChI is InChI=1S/C13H8F3N3/c1-8-6-11(19-12(7-17)18-8)9-2-4-10(5-3-9)13(14,15)16/h2-6H,1H3. The van der Waals surface area contributed by atoms with Gasteiger partial charge >= 0.3 is 6.18 Å². The van der Waals surface area contributed by atoms with Gasteiger partial charge in [-0.2, -0.15) is 18.4 Å². The lowest BCUT2D eigenvalue weighted by molar-refractivity contribution is -0.137. The molecular formula is C13H8F3N3. The molecule has 96 valence electrons. The van der Waals surface area contributed by atoms with E-state index in [1.54, 1.807) is 13.0 Å². The minimum absolute atomic E-state index is 0.00472. The van der Waals surface area contributed by atoms with E-state index in [4.69, 9.17) is 5.26 Å². The van der Waals surface area contributed by atoms with Gasteiger partial charge in [0.05, 0.1) is 11.3 Å². The fraction of sp³-hybridized carbons (Fsp3) is 0.154. The topological polar surface area (TPSA) is 49.6 Å². The van der Waals surface area contributed by atoms with Gasteiger partial charge < -0.3 is 0 Å². The van der Waals surface area contributed by atoms with Gasteiger partial charge in [-0.25, -0.2) is 9.97 Å². The van der Waals surface area contributed by atoms with Crippen molar-refractivity contribution in [2.24, 2.45) is 0 Å². The van der Waals surface area contributed by atoms with Crippen LogP contribution in [0.2, 0.25) is 0 Å². The van der Waals surface area contributed by atoms with Crippen LogP contribution in [0.3, 0.4) is 0 Å². The van der Waals surface area contributed by atoms with Crippen molar-refractivity contribution in [1.29, 1.82) is 5.26 Å². The highest BCUT2D eigenvalue weighted by Crippen LogP contribution is 2.30. The number of alkyl halides is 3. The molecule has 6 heteroatoms. The SMILES string of the molecule is Cc1cc(-c2ccc(C(F)(F)F)cc2)nc(C#N)n1. The van der Waals surface area contributed by atoms with E-state index < -0.39 is 11.7 Å². The van der Waals surface area contributed by atoms with Crippen LogP contribution in [0.5, 0.6) is 0 Å². The molecule has 0 aliphatic carbocycles. The second kappa shape index (κ2) is 4.69. The van der Waals surface area contributed by atoms with E-state index in [-0.39, 0.29) is 5.82 Å². The Hall–Kier alpha value is -2.42. The number of hydrogen-bond acceptors (Lipinski definition) is 3. The molecule has 0 atom stereocenters. The summed E-state index contributed by atoms with van der Waals surface area (Å²) in [6, 6.07) is 8.05. The molecule has 0 aliphatic heterocycles. The fourth-order valence-electron chi connectivity index (χ4n) is 1.60. The number of aryl methyl sites for hydroxylation is 1. The molecule has 3 nitrogen and oxygen atoms in total. The Morgan fingerprint density at radius 3 is 2.26 bits per heavy atom. The van der Waals surface area contributed by atoms with Crippen LogP contribution in [-0.4, -0.2) is 9.97 Å². The van der Waals surface area contributed by atoms with Crippen LogP contribution in [0.25, 0.3) is 11.3 Å². The number of nitriles is 1. The monoisotopic (exact) mass is 263 g/mol. The first-order chi connectivity index (χ1) is 8.90. The summed E-state index contributed by atoms with van der Waals surface area (Å²) in [5.74, 6) is -0.00472. The highest BCUT2D eigenvalue weighted by molar-refractivity contribution is 5.60. The van der Waals surface area contributed by atoms with Gasteiger partial charge in [0, 0.05) is 11.3 Å². The average Bonchev–Trinajstić information content (AvgIpc) is 2.37. The first kappa shape index (κ1) is 13.0. The summed E-state index contributed by atoms with van der Waals surface area (Å²) >= 11 is 0. The molecule has 19 heavy (non-hydrogen) atoms. The molecule has 0 N–H and O–H groups in total. The average molecular weight is 263 g/mol. The predicted molar refractivity (Wildman–Crippen MR) is 61.9 cm³/mol. The Kier molecular flexibility index (Phi) is 3.21. The van der Waals surface area contributed by atoms with Crippen molar-refractivity contribution in [3.8, 4) is 17.3 Å². The molecule has 1 aromatic heterocycles. The van der Waals surface area contributed by atoms with Crippen molar-refractivity contribution in [1.82, 2.24) is 9.97 Å². The Morgan fingerprint density at radius 2 is 1.74 bits per heavy atom. The molecule has 0 unspecified atom stereocenters. The van der Waals surface area contributed by atoms with E-state index in [2.05, 4.69) is 9.97 Å². The van der Waals surface area contributed by atoms with Crippen LogP contribution in [0, 0.1) is 18.3 Å². The van der Waals surface area contributed by atoms with E-state index in [0.29, 0.717) is 17.0 Å². The third-order valence-corrected chi connectivity index (χ3v) is 2.46. The maximum absolute atomic E-state index is 12.4. The Labute approximate surface area is 107 Å². The lowest BCUT2D eigenvalue weighted by atomic mass is 10.1. The van der Waals surface area contributed by atoms with Crippen molar-refractivity contribution in [3.63, 3.8) is 0 Å². The van der Waals surface area contributed by atoms with Gasteiger partial charge in [-0.15, -0.1) is 0 Å². The number of rotatable bonds is 1. The smallest absolute Gasteiger partial charge is 0.224 e. The van der Waals surface area contributed by atoms with Gasteiger partial charge in [0.2, 0.25) is 5.82 Å². The Morgan fingerprint density at radius 1 is 1.11 bits per heavy atom. The molecule has 0 fully saturated rings. The number of halogens is 3. The molecule has 0 bridgehead atoms. The summed E-state index contributed by atoms with van der Waals surface area (Å²) in [5.41, 5.74) is 0.803. The molecule has 1 heterocycles. The van der Waals surface area contributed by atoms with Crippen LogP contribution >= 0.6 is 0 Å². The maximum Gasteiger partial charge on any atom is 0.416 e. The van der Waals surface area contributed by atoms with Crippen molar-refractivity contribution in [3.05, 3.63) is 47.4 Å². The molecule has 0 saturated heterocycles. The summed E-state index contributed by atoms with van der Waals surface area (Å²) in [5, 5.41) is 8.76. The zero-order valence-electron chi connectivity index (χ0n) is 9.86. The van der Waals surface area contributed by atoms with Gasteiger partial charge in [0.25, 0.3) is 0 Å². The second-order valence-corrected chi connectivity index (χ2v) is 3.91. The first-order valence-electron chi connectivity index (χ1n) is 5.33. The van der Waals surface area contributed by atoms with Crippen molar-refractivity contribution >= 4 is 0 Å². The third-order valence-electron chi connectivity index (χ3n) is 2.46. The van der Waals surface area contributed by atoms with Crippen molar-refractivity contribution < 1.29 is 13.2 Å². The van der Waals surface area contributed by atoms with Crippen LogP contribution < -0.4 is 0 Å². The van der Waals surface area contributed by atoms with Crippen LogP contribution in [0.1, 0.15) is 17.1 Å². The van der Waals surface area contributed by atoms with Gasteiger partial charge in [-0.05, 0) is 25.1 Å². The van der Waals surface area contributed by atoms with E-state index in [0.717, 1.165) is 12.1 Å². The van der Waals surface area contributed by atoms with E-state index in [9.17, 15) is 13.2 Å². The molecule has 0 saturated carbocycles. The van der Waals surface area contributed by atoms with E-state index in [1.807, 2.05) is 6.07 Å². The molecule has 1 aromatic carbocycles. The Bertz CT molecular complexity index is 640. The zero-order valence-corrected chi connectivity index (χ0v) is 9.86. The highest BCUT2D eigenvalue weighted by Gasteiger charge is 2.30. The summed E-state index contributed by atoms with van der Waals surface area (Å²) in [7, 11) is 0. The molecule has 2 rings (SSSR count). The van der Waals surface area contributed by atoms with Crippen molar-refractivity contribution in [2.45, 2.75) is 13.1 Å². The zero-order chi connectivity index (χ0) is 14.0. The number of benzene rings is 1. The molecule has 0 amide bonds. The number of hydrogen-bond donors (Lipinski definition) is 0.